The highest BCUT2D eigenvalue weighted by Crippen LogP contribution is 2.67. The van der Waals surface area contributed by atoms with Crippen molar-refractivity contribution in [2.75, 3.05) is 0 Å². The summed E-state index contributed by atoms with van der Waals surface area (Å²) >= 11 is 0. The third-order valence-corrected chi connectivity index (χ3v) is 9.62. The lowest BCUT2D eigenvalue weighted by atomic mass is 9.44. The summed E-state index contributed by atoms with van der Waals surface area (Å²) in [7, 11) is 0. The summed E-state index contributed by atoms with van der Waals surface area (Å²) in [4.78, 5) is 22.9. The molecule has 4 saturated carbocycles. The molecule has 3 heteroatoms. The monoisotopic (exact) mass is 360 g/mol. The Morgan fingerprint density at radius 1 is 1.04 bits per heavy atom. The zero-order valence-corrected chi connectivity index (χ0v) is 16.6. The first-order valence-corrected chi connectivity index (χ1v) is 11.1. The second-order valence-electron chi connectivity index (χ2n) is 10.5. The lowest BCUT2D eigenvalue weighted by Gasteiger charge is -2.60. The molecule has 4 aliphatic carbocycles. The number of fused-ring (bicyclic) bond motifs is 5. The van der Waals surface area contributed by atoms with Gasteiger partial charge in [-0.2, -0.15) is 0 Å². The maximum absolute atomic E-state index is 12.0. The van der Waals surface area contributed by atoms with E-state index in [1.165, 1.54) is 38.5 Å². The summed E-state index contributed by atoms with van der Waals surface area (Å²) in [6.45, 7) is 5.05. The highest BCUT2D eigenvalue weighted by atomic mass is 16.4. The number of hydrogen-bond donors (Lipinski definition) is 1. The van der Waals surface area contributed by atoms with Crippen LogP contribution in [0, 0.1) is 40.4 Å². The number of Topliss-reactive ketones (excluding diaryl/α,β-unsaturated/α-hetero) is 1. The lowest BCUT2D eigenvalue weighted by Crippen LogP contribution is -2.53. The third kappa shape index (κ3) is 2.85. The Balaban J connectivity index is 1.49. The first-order valence-electron chi connectivity index (χ1n) is 11.1. The Morgan fingerprint density at radius 2 is 1.81 bits per heavy atom. The van der Waals surface area contributed by atoms with E-state index in [4.69, 9.17) is 5.11 Å². The molecule has 4 fully saturated rings. The summed E-state index contributed by atoms with van der Waals surface area (Å²) in [6, 6.07) is 0. The molecule has 0 aliphatic heterocycles. The van der Waals surface area contributed by atoms with Crippen LogP contribution in [0.2, 0.25) is 0 Å². The van der Waals surface area contributed by atoms with Gasteiger partial charge in [-0.05, 0) is 98.2 Å². The van der Waals surface area contributed by atoms with Crippen molar-refractivity contribution >= 4 is 11.8 Å². The summed E-state index contributed by atoms with van der Waals surface area (Å²) in [5.41, 5.74) is 0.840. The quantitative estimate of drug-likeness (QED) is 0.723. The van der Waals surface area contributed by atoms with Gasteiger partial charge in [0.25, 0.3) is 0 Å². The van der Waals surface area contributed by atoms with Crippen molar-refractivity contribution in [2.24, 2.45) is 40.4 Å². The minimum Gasteiger partial charge on any atom is -0.481 e. The fraction of sp³-hybridized carbons (Fsp3) is 0.913. The van der Waals surface area contributed by atoms with Crippen LogP contribution in [0.1, 0.15) is 90.9 Å². The van der Waals surface area contributed by atoms with E-state index in [-0.39, 0.29) is 0 Å². The van der Waals surface area contributed by atoms with Crippen molar-refractivity contribution in [3.8, 4) is 0 Å². The molecule has 0 amide bonds. The molecule has 1 N–H and O–H groups in total. The summed E-state index contributed by atoms with van der Waals surface area (Å²) in [5, 5.41) is 8.97. The highest BCUT2D eigenvalue weighted by Gasteiger charge is 2.59. The number of aliphatic carboxylic acids is 1. The molecule has 3 nitrogen and oxygen atoms in total. The molecule has 0 aromatic rings. The number of carbonyl (C=O) groups excluding carboxylic acids is 1. The van der Waals surface area contributed by atoms with E-state index in [0.29, 0.717) is 29.0 Å². The van der Waals surface area contributed by atoms with Gasteiger partial charge in [0.1, 0.15) is 5.78 Å². The number of carbonyl (C=O) groups is 2. The van der Waals surface area contributed by atoms with Gasteiger partial charge in [0, 0.05) is 19.3 Å². The van der Waals surface area contributed by atoms with Gasteiger partial charge in [0.15, 0.2) is 0 Å². The van der Waals surface area contributed by atoms with Gasteiger partial charge in [0.2, 0.25) is 0 Å². The second kappa shape index (κ2) is 6.63. The normalized spacial score (nSPS) is 47.8. The second-order valence-corrected chi connectivity index (χ2v) is 10.5. The van der Waals surface area contributed by atoms with Crippen LogP contribution in [-0.4, -0.2) is 16.9 Å². The number of carboxylic acid groups (broad SMARTS) is 1. The Kier molecular flexibility index (Phi) is 4.72. The maximum Gasteiger partial charge on any atom is 0.303 e. The molecule has 0 heterocycles. The first-order chi connectivity index (χ1) is 12.3. The van der Waals surface area contributed by atoms with Crippen molar-refractivity contribution in [3.05, 3.63) is 0 Å². The minimum absolute atomic E-state index is 0.330. The van der Waals surface area contributed by atoms with Crippen LogP contribution in [0.15, 0.2) is 0 Å². The molecular formula is C23H36O3. The van der Waals surface area contributed by atoms with Crippen molar-refractivity contribution in [1.82, 2.24) is 0 Å². The summed E-state index contributed by atoms with van der Waals surface area (Å²) in [5.74, 6) is 3.75. The molecule has 0 spiro atoms. The molecule has 0 aromatic heterocycles. The van der Waals surface area contributed by atoms with Crippen LogP contribution in [-0.2, 0) is 9.59 Å². The molecule has 0 bridgehead atoms. The highest BCUT2D eigenvalue weighted by molar-refractivity contribution is 5.79. The Labute approximate surface area is 158 Å². The molecular weight excluding hydrogens is 324 g/mol. The van der Waals surface area contributed by atoms with Crippen molar-refractivity contribution in [1.29, 1.82) is 0 Å². The molecule has 0 saturated heterocycles. The molecule has 26 heavy (non-hydrogen) atoms. The predicted molar refractivity (Wildman–Crippen MR) is 102 cm³/mol. The van der Waals surface area contributed by atoms with Gasteiger partial charge in [0.05, 0.1) is 0 Å². The molecule has 0 aromatic carbocycles. The zero-order valence-electron chi connectivity index (χ0n) is 16.6. The average molecular weight is 361 g/mol. The largest absolute Gasteiger partial charge is 0.481 e. The number of carboxylic acids is 1. The van der Waals surface area contributed by atoms with Crippen LogP contribution in [0.25, 0.3) is 0 Å². The SMILES string of the molecule is CC12CCC3C(CCC4CC(=O)CCC43C)C1CCC2CCCC(=O)O. The number of ketones is 1. The zero-order chi connectivity index (χ0) is 18.5. The Bertz CT molecular complexity index is 584. The van der Waals surface area contributed by atoms with Crippen LogP contribution in [0.5, 0.6) is 0 Å². The van der Waals surface area contributed by atoms with E-state index in [2.05, 4.69) is 13.8 Å². The topological polar surface area (TPSA) is 54.4 Å². The van der Waals surface area contributed by atoms with Crippen LogP contribution in [0.4, 0.5) is 0 Å². The van der Waals surface area contributed by atoms with E-state index in [1.54, 1.807) is 0 Å². The molecule has 4 rings (SSSR count). The fourth-order valence-electron chi connectivity index (χ4n) is 8.13. The molecule has 4 aliphatic rings. The molecule has 7 atom stereocenters. The van der Waals surface area contributed by atoms with Gasteiger partial charge in [-0.25, -0.2) is 0 Å². The van der Waals surface area contributed by atoms with Gasteiger partial charge in [-0.3, -0.25) is 9.59 Å². The van der Waals surface area contributed by atoms with E-state index in [1.807, 2.05) is 0 Å². The molecule has 146 valence electrons. The smallest absolute Gasteiger partial charge is 0.303 e. The van der Waals surface area contributed by atoms with Crippen LogP contribution >= 0.6 is 0 Å². The number of hydrogen-bond acceptors (Lipinski definition) is 2. The Morgan fingerprint density at radius 3 is 2.58 bits per heavy atom. The number of rotatable bonds is 4. The predicted octanol–water partition coefficient (Wildman–Crippen LogP) is 5.47. The van der Waals surface area contributed by atoms with Gasteiger partial charge < -0.3 is 5.11 Å². The van der Waals surface area contributed by atoms with Crippen molar-refractivity contribution < 1.29 is 14.7 Å². The van der Waals surface area contributed by atoms with Gasteiger partial charge >= 0.3 is 5.97 Å². The molecule has 7 unspecified atom stereocenters. The first kappa shape index (κ1) is 18.5. The maximum atomic E-state index is 12.0. The standard InChI is InChI=1S/C23H36O3/c1-22-13-11-20-18(8-6-16-14-17(24)10-12-23(16,20)2)19(22)9-7-15(22)4-3-5-21(25)26/h15-16,18-20H,3-14H2,1-2H3,(H,25,26). The molecule has 0 radical (unpaired) electrons. The van der Waals surface area contributed by atoms with E-state index in [0.717, 1.165) is 55.8 Å². The Hall–Kier alpha value is -0.860. The lowest BCUT2D eigenvalue weighted by molar-refractivity contribution is -0.139. The van der Waals surface area contributed by atoms with E-state index in [9.17, 15) is 9.59 Å². The van der Waals surface area contributed by atoms with Gasteiger partial charge in [-0.1, -0.05) is 13.8 Å². The van der Waals surface area contributed by atoms with Crippen molar-refractivity contribution in [2.45, 2.75) is 90.9 Å². The van der Waals surface area contributed by atoms with Crippen LogP contribution in [0.3, 0.4) is 0 Å². The third-order valence-electron chi connectivity index (χ3n) is 9.62. The fourth-order valence-corrected chi connectivity index (χ4v) is 8.13. The van der Waals surface area contributed by atoms with Crippen LogP contribution < -0.4 is 0 Å². The van der Waals surface area contributed by atoms with Gasteiger partial charge in [-0.15, -0.1) is 0 Å². The summed E-state index contributed by atoms with van der Waals surface area (Å²) in [6.07, 6.45) is 13.0. The minimum atomic E-state index is -0.647. The van der Waals surface area contributed by atoms with Crippen molar-refractivity contribution in [3.63, 3.8) is 0 Å². The average Bonchev–Trinajstić information content (AvgIpc) is 2.92. The van der Waals surface area contributed by atoms with E-state index < -0.39 is 5.97 Å². The van der Waals surface area contributed by atoms with E-state index >= 15 is 0 Å². The summed E-state index contributed by atoms with van der Waals surface area (Å²) < 4.78 is 0.